The Labute approximate surface area is 118 Å². The van der Waals surface area contributed by atoms with Gasteiger partial charge in [-0.05, 0) is 24.3 Å². The Morgan fingerprint density at radius 3 is 2.67 bits per heavy atom. The predicted molar refractivity (Wildman–Crippen MR) is 72.2 cm³/mol. The van der Waals surface area contributed by atoms with E-state index in [0.717, 1.165) is 5.56 Å². The molecule has 3 N–H and O–H groups in total. The van der Waals surface area contributed by atoms with Crippen LogP contribution in [0.4, 0.5) is 10.5 Å². The molecule has 0 aliphatic carbocycles. The SMILES string of the molecule is NC(=O)Nc1ccc(-c2nc(Cc3ccno3)no2)cc1. The van der Waals surface area contributed by atoms with Gasteiger partial charge < -0.3 is 20.1 Å². The van der Waals surface area contributed by atoms with Crippen LogP contribution in [-0.2, 0) is 6.42 Å². The van der Waals surface area contributed by atoms with Crippen molar-refractivity contribution in [1.29, 1.82) is 0 Å². The zero-order valence-corrected chi connectivity index (χ0v) is 10.8. The van der Waals surface area contributed by atoms with E-state index in [9.17, 15) is 4.79 Å². The third kappa shape index (κ3) is 3.06. The lowest BCUT2D eigenvalue weighted by molar-refractivity contribution is 0.259. The van der Waals surface area contributed by atoms with Crippen molar-refractivity contribution >= 4 is 11.7 Å². The van der Waals surface area contributed by atoms with E-state index in [1.165, 1.54) is 0 Å². The van der Waals surface area contributed by atoms with Crippen molar-refractivity contribution in [3.63, 3.8) is 0 Å². The van der Waals surface area contributed by atoms with Crippen molar-refractivity contribution in [2.75, 3.05) is 5.32 Å². The van der Waals surface area contributed by atoms with Gasteiger partial charge in [0.25, 0.3) is 5.89 Å². The molecule has 0 saturated carbocycles. The number of urea groups is 1. The van der Waals surface area contributed by atoms with E-state index < -0.39 is 6.03 Å². The Bertz CT molecular complexity index is 734. The molecule has 0 saturated heterocycles. The molecule has 8 nitrogen and oxygen atoms in total. The number of anilines is 1. The van der Waals surface area contributed by atoms with E-state index in [1.54, 1.807) is 36.5 Å². The van der Waals surface area contributed by atoms with Gasteiger partial charge >= 0.3 is 6.03 Å². The summed E-state index contributed by atoms with van der Waals surface area (Å²) in [6.07, 6.45) is 1.96. The van der Waals surface area contributed by atoms with Crippen molar-refractivity contribution < 1.29 is 13.8 Å². The van der Waals surface area contributed by atoms with Crippen LogP contribution in [0.3, 0.4) is 0 Å². The molecule has 0 unspecified atom stereocenters. The maximum atomic E-state index is 10.7. The van der Waals surface area contributed by atoms with Crippen molar-refractivity contribution in [1.82, 2.24) is 15.3 Å². The van der Waals surface area contributed by atoms with Gasteiger partial charge in [0.15, 0.2) is 5.82 Å². The lowest BCUT2D eigenvalue weighted by Crippen LogP contribution is -2.19. The summed E-state index contributed by atoms with van der Waals surface area (Å²) < 4.78 is 10.2. The van der Waals surface area contributed by atoms with Crippen molar-refractivity contribution in [3.05, 3.63) is 48.1 Å². The van der Waals surface area contributed by atoms with E-state index in [-0.39, 0.29) is 0 Å². The number of carbonyl (C=O) groups is 1. The van der Waals surface area contributed by atoms with Gasteiger partial charge in [-0.25, -0.2) is 4.79 Å². The van der Waals surface area contributed by atoms with E-state index >= 15 is 0 Å². The Morgan fingerprint density at radius 1 is 1.19 bits per heavy atom. The highest BCUT2D eigenvalue weighted by molar-refractivity contribution is 5.88. The molecule has 0 bridgehead atoms. The van der Waals surface area contributed by atoms with Gasteiger partial charge in [-0.15, -0.1) is 0 Å². The Balaban J connectivity index is 1.75. The summed E-state index contributed by atoms with van der Waals surface area (Å²) in [5.74, 6) is 1.54. The fourth-order valence-electron chi connectivity index (χ4n) is 1.77. The number of carbonyl (C=O) groups excluding carboxylic acids is 1. The first kappa shape index (κ1) is 12.9. The molecule has 0 spiro atoms. The average Bonchev–Trinajstić information content (AvgIpc) is 3.11. The summed E-state index contributed by atoms with van der Waals surface area (Å²) >= 11 is 0. The second kappa shape index (κ2) is 5.45. The van der Waals surface area contributed by atoms with Crippen LogP contribution < -0.4 is 11.1 Å². The highest BCUT2D eigenvalue weighted by atomic mass is 16.5. The molecule has 2 aromatic heterocycles. The van der Waals surface area contributed by atoms with Crippen LogP contribution in [0.15, 0.2) is 45.6 Å². The number of nitrogens with two attached hydrogens (primary N) is 1. The monoisotopic (exact) mass is 285 g/mol. The van der Waals surface area contributed by atoms with Crippen LogP contribution in [0.2, 0.25) is 0 Å². The Kier molecular flexibility index (Phi) is 3.34. The fourth-order valence-corrected chi connectivity index (χ4v) is 1.77. The Hall–Kier alpha value is -3.16. The van der Waals surface area contributed by atoms with Crippen LogP contribution >= 0.6 is 0 Å². The third-order valence-corrected chi connectivity index (χ3v) is 2.69. The molecule has 0 atom stereocenters. The van der Waals surface area contributed by atoms with Crippen LogP contribution in [0.5, 0.6) is 0 Å². The molecule has 8 heteroatoms. The summed E-state index contributed by atoms with van der Waals surface area (Å²) in [6, 6.07) is 8.00. The molecule has 0 fully saturated rings. The number of primary amides is 1. The minimum absolute atomic E-state index is 0.384. The lowest BCUT2D eigenvalue weighted by atomic mass is 10.2. The molecule has 2 amide bonds. The highest BCUT2D eigenvalue weighted by Crippen LogP contribution is 2.20. The van der Waals surface area contributed by atoms with Gasteiger partial charge in [0.05, 0.1) is 12.6 Å². The summed E-state index contributed by atoms with van der Waals surface area (Å²) in [5, 5.41) is 9.96. The van der Waals surface area contributed by atoms with Gasteiger partial charge in [0.1, 0.15) is 5.76 Å². The van der Waals surface area contributed by atoms with Gasteiger partial charge in [0.2, 0.25) is 0 Å². The molecule has 106 valence electrons. The second-order valence-corrected chi connectivity index (χ2v) is 4.24. The molecule has 21 heavy (non-hydrogen) atoms. The van der Waals surface area contributed by atoms with Gasteiger partial charge in [-0.3, -0.25) is 0 Å². The van der Waals surface area contributed by atoms with Crippen molar-refractivity contribution in [3.8, 4) is 11.5 Å². The van der Waals surface area contributed by atoms with Crippen LogP contribution in [0.25, 0.3) is 11.5 Å². The smallest absolute Gasteiger partial charge is 0.316 e. The zero-order valence-electron chi connectivity index (χ0n) is 10.8. The predicted octanol–water partition coefficient (Wildman–Crippen LogP) is 1.81. The lowest BCUT2D eigenvalue weighted by Gasteiger charge is -2.01. The Morgan fingerprint density at radius 2 is 2.00 bits per heavy atom. The minimum Gasteiger partial charge on any atom is -0.361 e. The summed E-state index contributed by atoms with van der Waals surface area (Å²) in [5.41, 5.74) is 6.36. The van der Waals surface area contributed by atoms with Gasteiger partial charge in [-0.1, -0.05) is 10.3 Å². The summed E-state index contributed by atoms with van der Waals surface area (Å²) in [4.78, 5) is 15.0. The third-order valence-electron chi connectivity index (χ3n) is 2.69. The molecule has 3 aromatic rings. The van der Waals surface area contributed by atoms with Gasteiger partial charge in [-0.2, -0.15) is 4.98 Å². The quantitative estimate of drug-likeness (QED) is 0.754. The standard InChI is InChI=1S/C13H11N5O3/c14-13(19)16-9-3-1-8(2-4-9)12-17-11(18-21-12)7-10-5-6-15-20-10/h1-6H,7H2,(H3,14,16,19). The molecule has 0 aliphatic heterocycles. The van der Waals surface area contributed by atoms with Crippen LogP contribution in [0.1, 0.15) is 11.6 Å². The average molecular weight is 285 g/mol. The molecule has 1 aromatic carbocycles. The second-order valence-electron chi connectivity index (χ2n) is 4.24. The normalized spacial score (nSPS) is 10.5. The molecule has 2 heterocycles. The highest BCUT2D eigenvalue weighted by Gasteiger charge is 2.11. The number of hydrogen-bond donors (Lipinski definition) is 2. The summed E-state index contributed by atoms with van der Waals surface area (Å²) in [7, 11) is 0. The molecular weight excluding hydrogens is 274 g/mol. The number of rotatable bonds is 4. The summed E-state index contributed by atoms with van der Waals surface area (Å²) in [6.45, 7) is 0. The first-order valence-corrected chi connectivity index (χ1v) is 6.10. The molecular formula is C13H11N5O3. The number of amides is 2. The van der Waals surface area contributed by atoms with E-state index in [2.05, 4.69) is 20.6 Å². The minimum atomic E-state index is -0.616. The number of benzene rings is 1. The van der Waals surface area contributed by atoms with Crippen molar-refractivity contribution in [2.45, 2.75) is 6.42 Å². The van der Waals surface area contributed by atoms with Crippen LogP contribution in [0, 0.1) is 0 Å². The van der Waals surface area contributed by atoms with Crippen LogP contribution in [-0.4, -0.2) is 21.3 Å². The fraction of sp³-hybridized carbons (Fsp3) is 0.0769. The molecule has 0 aliphatic rings. The number of aromatic nitrogens is 3. The maximum absolute atomic E-state index is 10.7. The number of hydrogen-bond acceptors (Lipinski definition) is 6. The van der Waals surface area contributed by atoms with Gasteiger partial charge in [0, 0.05) is 17.3 Å². The topological polar surface area (TPSA) is 120 Å². The zero-order chi connectivity index (χ0) is 14.7. The first-order valence-electron chi connectivity index (χ1n) is 6.10. The largest absolute Gasteiger partial charge is 0.361 e. The van der Waals surface area contributed by atoms with E-state index in [0.29, 0.717) is 29.6 Å². The first-order chi connectivity index (χ1) is 10.2. The number of nitrogens with zero attached hydrogens (tertiary/aromatic N) is 3. The molecule has 0 radical (unpaired) electrons. The number of nitrogens with one attached hydrogen (secondary N) is 1. The van der Waals surface area contributed by atoms with E-state index in [1.807, 2.05) is 0 Å². The maximum Gasteiger partial charge on any atom is 0.316 e. The molecule has 3 rings (SSSR count). The van der Waals surface area contributed by atoms with E-state index in [4.69, 9.17) is 14.8 Å². The van der Waals surface area contributed by atoms with Crippen molar-refractivity contribution in [2.24, 2.45) is 5.73 Å².